The lowest BCUT2D eigenvalue weighted by Crippen LogP contribution is -1.96. The zero-order valence-corrected chi connectivity index (χ0v) is 9.94. The lowest BCUT2D eigenvalue weighted by Gasteiger charge is -1.98. The Morgan fingerprint density at radius 2 is 2.29 bits per heavy atom. The molecule has 1 aromatic carbocycles. The predicted octanol–water partition coefficient (Wildman–Crippen LogP) is 2.28. The molecule has 5 nitrogen and oxygen atoms in total. The molecule has 2 aromatic rings. The Morgan fingerprint density at radius 3 is 3.06 bits per heavy atom. The van der Waals surface area contributed by atoms with Crippen LogP contribution in [0.3, 0.4) is 0 Å². The van der Waals surface area contributed by atoms with E-state index in [9.17, 15) is 5.11 Å². The van der Waals surface area contributed by atoms with E-state index in [1.807, 2.05) is 0 Å². The van der Waals surface area contributed by atoms with Gasteiger partial charge < -0.3 is 14.4 Å². The summed E-state index contributed by atoms with van der Waals surface area (Å²) in [5, 5.41) is 13.6. The Balaban J connectivity index is 2.27. The van der Waals surface area contributed by atoms with Crippen molar-refractivity contribution in [1.29, 1.82) is 0 Å². The number of rotatable bonds is 4. The van der Waals surface area contributed by atoms with Crippen molar-refractivity contribution >= 4 is 11.6 Å². The Labute approximate surface area is 103 Å². The standard InChI is InChI=1S/C11H11ClN2O3/c1-16-5-4-10-13-11(17-14-10)8-6-7(15)2-3-9(8)12/h2-3,6,15H,4-5H2,1H3. The van der Waals surface area contributed by atoms with E-state index in [2.05, 4.69) is 10.1 Å². The summed E-state index contributed by atoms with van der Waals surface area (Å²) in [4.78, 5) is 4.17. The molecular weight excluding hydrogens is 244 g/mol. The van der Waals surface area contributed by atoms with Gasteiger partial charge in [-0.15, -0.1) is 0 Å². The second-order valence-corrected chi connectivity index (χ2v) is 3.83. The number of phenols is 1. The Morgan fingerprint density at radius 1 is 1.47 bits per heavy atom. The second-order valence-electron chi connectivity index (χ2n) is 3.42. The summed E-state index contributed by atoms with van der Waals surface area (Å²) < 4.78 is 9.99. The highest BCUT2D eigenvalue weighted by molar-refractivity contribution is 6.33. The summed E-state index contributed by atoms with van der Waals surface area (Å²) in [5.74, 6) is 0.930. The number of aromatic nitrogens is 2. The number of benzene rings is 1. The van der Waals surface area contributed by atoms with Crippen LogP contribution in [-0.4, -0.2) is 29.0 Å². The van der Waals surface area contributed by atoms with E-state index >= 15 is 0 Å². The van der Waals surface area contributed by atoms with Crippen LogP contribution in [-0.2, 0) is 11.2 Å². The van der Waals surface area contributed by atoms with Gasteiger partial charge >= 0.3 is 0 Å². The molecule has 0 unspecified atom stereocenters. The summed E-state index contributed by atoms with van der Waals surface area (Å²) in [6.07, 6.45) is 0.566. The fraction of sp³-hybridized carbons (Fsp3) is 0.273. The van der Waals surface area contributed by atoms with E-state index in [0.29, 0.717) is 29.4 Å². The highest BCUT2D eigenvalue weighted by Gasteiger charge is 2.12. The molecule has 90 valence electrons. The topological polar surface area (TPSA) is 68.4 Å². The molecule has 1 aromatic heterocycles. The van der Waals surface area contributed by atoms with Gasteiger partial charge in [-0.2, -0.15) is 4.98 Å². The third kappa shape index (κ3) is 2.75. The summed E-state index contributed by atoms with van der Waals surface area (Å²) in [5.41, 5.74) is 0.517. The van der Waals surface area contributed by atoms with Gasteiger partial charge in [-0.3, -0.25) is 0 Å². The van der Waals surface area contributed by atoms with Gasteiger partial charge in [0, 0.05) is 13.5 Å². The molecule has 1 N–H and O–H groups in total. The molecule has 2 rings (SSSR count). The molecular formula is C11H11ClN2O3. The van der Waals surface area contributed by atoms with Crippen LogP contribution in [0.4, 0.5) is 0 Å². The van der Waals surface area contributed by atoms with E-state index in [1.54, 1.807) is 13.2 Å². The van der Waals surface area contributed by atoms with Gasteiger partial charge in [0.25, 0.3) is 5.89 Å². The number of halogens is 1. The summed E-state index contributed by atoms with van der Waals surface area (Å²) in [6, 6.07) is 4.55. The van der Waals surface area contributed by atoms with E-state index in [1.165, 1.54) is 12.1 Å². The minimum absolute atomic E-state index is 0.0982. The van der Waals surface area contributed by atoms with E-state index in [-0.39, 0.29) is 11.6 Å². The van der Waals surface area contributed by atoms with Gasteiger partial charge in [0.2, 0.25) is 0 Å². The van der Waals surface area contributed by atoms with Crippen LogP contribution < -0.4 is 0 Å². The molecule has 1 heterocycles. The maximum atomic E-state index is 9.38. The number of methoxy groups -OCH3 is 1. The van der Waals surface area contributed by atoms with Crippen molar-refractivity contribution in [1.82, 2.24) is 10.1 Å². The SMILES string of the molecule is COCCc1noc(-c2cc(O)ccc2Cl)n1. The smallest absolute Gasteiger partial charge is 0.259 e. The Kier molecular flexibility index (Phi) is 3.61. The molecule has 0 aliphatic rings. The van der Waals surface area contributed by atoms with Crippen LogP contribution in [0, 0.1) is 0 Å². The number of phenolic OH excluding ortho intramolecular Hbond substituents is 1. The molecule has 0 atom stereocenters. The van der Waals surface area contributed by atoms with Gasteiger partial charge in [0.05, 0.1) is 17.2 Å². The first-order chi connectivity index (χ1) is 8.20. The summed E-state index contributed by atoms with van der Waals surface area (Å²) in [7, 11) is 1.60. The summed E-state index contributed by atoms with van der Waals surface area (Å²) >= 11 is 5.98. The molecule has 0 aliphatic heterocycles. The fourth-order valence-electron chi connectivity index (χ4n) is 1.34. The third-order valence-electron chi connectivity index (χ3n) is 2.18. The van der Waals surface area contributed by atoms with Crippen LogP contribution in [0.2, 0.25) is 5.02 Å². The van der Waals surface area contributed by atoms with Crippen LogP contribution in [0.25, 0.3) is 11.5 Å². The highest BCUT2D eigenvalue weighted by atomic mass is 35.5. The van der Waals surface area contributed by atoms with Gasteiger partial charge in [-0.1, -0.05) is 16.8 Å². The third-order valence-corrected chi connectivity index (χ3v) is 2.51. The second kappa shape index (κ2) is 5.16. The molecule has 0 saturated carbocycles. The van der Waals surface area contributed by atoms with Crippen LogP contribution in [0.1, 0.15) is 5.82 Å². The number of hydrogen-bond acceptors (Lipinski definition) is 5. The monoisotopic (exact) mass is 254 g/mol. The molecule has 0 saturated heterocycles. The van der Waals surface area contributed by atoms with Gasteiger partial charge in [0.15, 0.2) is 5.82 Å². The Hall–Kier alpha value is -1.59. The zero-order valence-electron chi connectivity index (χ0n) is 9.18. The van der Waals surface area contributed by atoms with E-state index in [0.717, 1.165) is 0 Å². The lowest BCUT2D eigenvalue weighted by atomic mass is 10.2. The maximum Gasteiger partial charge on any atom is 0.259 e. The van der Waals surface area contributed by atoms with Crippen LogP contribution in [0.5, 0.6) is 5.75 Å². The van der Waals surface area contributed by atoms with Crippen molar-refractivity contribution in [2.24, 2.45) is 0 Å². The van der Waals surface area contributed by atoms with Crippen molar-refractivity contribution in [3.05, 3.63) is 29.0 Å². The molecule has 0 radical (unpaired) electrons. The van der Waals surface area contributed by atoms with Crippen molar-refractivity contribution in [2.45, 2.75) is 6.42 Å². The number of aromatic hydroxyl groups is 1. The zero-order chi connectivity index (χ0) is 12.3. The van der Waals surface area contributed by atoms with Gasteiger partial charge in [-0.05, 0) is 18.2 Å². The minimum atomic E-state index is 0.0982. The fourth-order valence-corrected chi connectivity index (χ4v) is 1.53. The van der Waals surface area contributed by atoms with Crippen molar-refractivity contribution in [2.75, 3.05) is 13.7 Å². The quantitative estimate of drug-likeness (QED) is 0.907. The van der Waals surface area contributed by atoms with Crippen LogP contribution >= 0.6 is 11.6 Å². The molecule has 0 fully saturated rings. The summed E-state index contributed by atoms with van der Waals surface area (Å²) in [6.45, 7) is 0.521. The molecule has 17 heavy (non-hydrogen) atoms. The lowest BCUT2D eigenvalue weighted by molar-refractivity contribution is 0.199. The molecule has 0 bridgehead atoms. The number of ether oxygens (including phenoxy) is 1. The molecule has 0 spiro atoms. The molecule has 6 heteroatoms. The van der Waals surface area contributed by atoms with Gasteiger partial charge in [-0.25, -0.2) is 0 Å². The first-order valence-corrected chi connectivity index (χ1v) is 5.39. The predicted molar refractivity (Wildman–Crippen MR) is 62.0 cm³/mol. The number of nitrogens with zero attached hydrogens (tertiary/aromatic N) is 2. The van der Waals surface area contributed by atoms with Crippen LogP contribution in [0.15, 0.2) is 22.7 Å². The maximum absolute atomic E-state index is 9.38. The van der Waals surface area contributed by atoms with Gasteiger partial charge in [0.1, 0.15) is 5.75 Å². The van der Waals surface area contributed by atoms with Crippen molar-refractivity contribution in [3.63, 3.8) is 0 Å². The first-order valence-electron chi connectivity index (χ1n) is 5.01. The van der Waals surface area contributed by atoms with Crippen molar-refractivity contribution in [3.8, 4) is 17.2 Å². The number of hydrogen-bond donors (Lipinski definition) is 1. The van der Waals surface area contributed by atoms with Crippen molar-refractivity contribution < 1.29 is 14.4 Å². The molecule has 0 aliphatic carbocycles. The first kappa shape index (κ1) is 11.9. The average molecular weight is 255 g/mol. The minimum Gasteiger partial charge on any atom is -0.508 e. The van der Waals surface area contributed by atoms with E-state index in [4.69, 9.17) is 20.9 Å². The highest BCUT2D eigenvalue weighted by Crippen LogP contribution is 2.29. The normalized spacial score (nSPS) is 10.7. The average Bonchev–Trinajstić information content (AvgIpc) is 2.78. The van der Waals surface area contributed by atoms with E-state index < -0.39 is 0 Å². The largest absolute Gasteiger partial charge is 0.508 e. The molecule has 0 amide bonds. The Bertz CT molecular complexity index is 513.